The molecule has 0 aromatic heterocycles. The molecule has 5 aromatic rings. The molecule has 48 heavy (non-hydrogen) atoms. The highest BCUT2D eigenvalue weighted by Crippen LogP contribution is 2.17. The number of halogens is 1. The van der Waals surface area contributed by atoms with Crippen molar-refractivity contribution in [2.24, 2.45) is 5.14 Å². The summed E-state index contributed by atoms with van der Waals surface area (Å²) in [7, 11) is -7.52. The minimum absolute atomic E-state index is 0.0386. The van der Waals surface area contributed by atoms with Crippen LogP contribution in [0.5, 0.6) is 0 Å². The summed E-state index contributed by atoms with van der Waals surface area (Å²) in [4.78, 5) is 36.4. The Bertz CT molecular complexity index is 1930. The molecule has 9 nitrogen and oxygen atoms in total. The molecule has 0 saturated carbocycles. The van der Waals surface area contributed by atoms with Crippen molar-refractivity contribution in [3.63, 3.8) is 0 Å². The number of ketones is 3. The predicted molar refractivity (Wildman–Crippen MR) is 189 cm³/mol. The van der Waals surface area contributed by atoms with Crippen molar-refractivity contribution >= 4 is 53.3 Å². The van der Waals surface area contributed by atoms with E-state index in [4.69, 9.17) is 5.14 Å². The SMILES string of the molecule is NS(=O)(=O)c1ccccc1.O=C(CBr)c1ccccc1.O=C(CN(CC(=O)c1ccccc1)S(=O)(=O)c1ccccc1)c1ccccc1. The second-order valence-electron chi connectivity index (χ2n) is 9.95. The number of primary sulfonamides is 1. The summed E-state index contributed by atoms with van der Waals surface area (Å²) >= 11 is 3.10. The lowest BCUT2D eigenvalue weighted by molar-refractivity contribution is 0.0925. The zero-order valence-electron chi connectivity index (χ0n) is 25.6. The number of hydrogen-bond donors (Lipinski definition) is 1. The van der Waals surface area contributed by atoms with Gasteiger partial charge in [-0.1, -0.05) is 143 Å². The van der Waals surface area contributed by atoms with E-state index >= 15 is 0 Å². The van der Waals surface area contributed by atoms with Crippen molar-refractivity contribution in [1.82, 2.24) is 4.31 Å². The van der Waals surface area contributed by atoms with Crippen LogP contribution in [-0.4, -0.2) is 56.9 Å². The first-order valence-electron chi connectivity index (χ1n) is 14.4. The number of nitrogens with zero attached hydrogens (tertiary/aromatic N) is 1. The lowest BCUT2D eigenvalue weighted by Gasteiger charge is -2.21. The highest BCUT2D eigenvalue weighted by atomic mass is 79.9. The molecule has 0 unspecified atom stereocenters. The van der Waals surface area contributed by atoms with Crippen LogP contribution in [0.4, 0.5) is 0 Å². The lowest BCUT2D eigenvalue weighted by atomic mass is 10.1. The fourth-order valence-corrected chi connectivity index (χ4v) is 6.26. The van der Waals surface area contributed by atoms with Crippen LogP contribution in [0, 0.1) is 0 Å². The van der Waals surface area contributed by atoms with Gasteiger partial charge in [-0.2, -0.15) is 4.31 Å². The van der Waals surface area contributed by atoms with Crippen molar-refractivity contribution in [3.05, 3.63) is 168 Å². The molecule has 5 rings (SSSR count). The number of benzene rings is 5. The smallest absolute Gasteiger partial charge is 0.243 e. The average Bonchev–Trinajstić information content (AvgIpc) is 3.13. The van der Waals surface area contributed by atoms with Crippen molar-refractivity contribution in [3.8, 4) is 0 Å². The van der Waals surface area contributed by atoms with Crippen LogP contribution >= 0.6 is 15.9 Å². The summed E-state index contributed by atoms with van der Waals surface area (Å²) in [6.07, 6.45) is 0. The van der Waals surface area contributed by atoms with E-state index in [0.29, 0.717) is 16.5 Å². The summed E-state index contributed by atoms with van der Waals surface area (Å²) in [6, 6.07) is 41.8. The Kier molecular flexibility index (Phi) is 14.7. The molecular formula is C36H33BrN2O7S2. The lowest BCUT2D eigenvalue weighted by Crippen LogP contribution is -2.39. The third-order valence-electron chi connectivity index (χ3n) is 6.50. The Balaban J connectivity index is 0.000000253. The summed E-state index contributed by atoms with van der Waals surface area (Å²) in [6.45, 7) is -0.834. The van der Waals surface area contributed by atoms with E-state index in [-0.39, 0.29) is 27.1 Å². The molecule has 0 spiro atoms. The van der Waals surface area contributed by atoms with Crippen molar-refractivity contribution in [2.45, 2.75) is 9.79 Å². The predicted octanol–water partition coefficient (Wildman–Crippen LogP) is 6.04. The van der Waals surface area contributed by atoms with E-state index < -0.39 is 33.1 Å². The standard InChI is InChI=1S/C22H19NO4S.C8H7BrO.C6H7NO2S/c24-21(18-10-4-1-5-11-18)16-23(17-22(25)19-12-6-2-7-13-19)28(26,27)20-14-8-3-9-15-20;9-6-8(10)7-4-2-1-3-5-7;7-10(8,9)6-4-2-1-3-5-6/h1-15H,16-17H2;1-5H,6H2;1-5H,(H2,7,8,9). The number of alkyl halides is 1. The minimum Gasteiger partial charge on any atom is -0.293 e. The van der Waals surface area contributed by atoms with Gasteiger partial charge in [0.15, 0.2) is 17.3 Å². The topological polar surface area (TPSA) is 149 Å². The zero-order chi connectivity index (χ0) is 35.0. The molecule has 0 bridgehead atoms. The van der Waals surface area contributed by atoms with Crippen molar-refractivity contribution in [2.75, 3.05) is 18.4 Å². The van der Waals surface area contributed by atoms with Gasteiger partial charge >= 0.3 is 0 Å². The molecule has 0 radical (unpaired) electrons. The number of carbonyl (C=O) groups is 3. The Morgan fingerprint density at radius 2 is 0.771 bits per heavy atom. The minimum atomic E-state index is -4.02. The summed E-state index contributed by atoms with van der Waals surface area (Å²) < 4.78 is 48.3. The maximum atomic E-state index is 13.1. The molecule has 0 atom stereocenters. The van der Waals surface area contributed by atoms with E-state index in [2.05, 4.69) is 15.9 Å². The number of carbonyl (C=O) groups excluding carboxylic acids is 3. The van der Waals surface area contributed by atoms with Gasteiger partial charge in [-0.05, 0) is 24.3 Å². The maximum Gasteiger partial charge on any atom is 0.243 e. The summed E-state index contributed by atoms with van der Waals surface area (Å²) in [5.41, 5.74) is 1.55. The number of rotatable bonds is 11. The van der Waals surface area contributed by atoms with Gasteiger partial charge < -0.3 is 0 Å². The summed E-state index contributed by atoms with van der Waals surface area (Å²) in [5.74, 6) is -0.623. The van der Waals surface area contributed by atoms with Crippen LogP contribution in [-0.2, 0) is 20.0 Å². The second-order valence-corrected chi connectivity index (χ2v) is 14.0. The van der Waals surface area contributed by atoms with E-state index in [9.17, 15) is 31.2 Å². The van der Waals surface area contributed by atoms with Gasteiger partial charge in [0.2, 0.25) is 20.0 Å². The molecule has 0 aliphatic carbocycles. The average molecular weight is 750 g/mol. The van der Waals surface area contributed by atoms with Crippen LogP contribution in [0.1, 0.15) is 31.1 Å². The quantitative estimate of drug-likeness (QED) is 0.128. The molecule has 0 saturated heterocycles. The first kappa shape index (κ1) is 37.9. The van der Waals surface area contributed by atoms with Crippen molar-refractivity contribution in [1.29, 1.82) is 0 Å². The maximum absolute atomic E-state index is 13.1. The number of sulfonamides is 2. The number of Topliss-reactive ketones (excluding diaryl/α,β-unsaturated/α-hetero) is 3. The van der Waals surface area contributed by atoms with Gasteiger partial charge in [0.25, 0.3) is 0 Å². The Morgan fingerprint density at radius 1 is 0.479 bits per heavy atom. The third kappa shape index (κ3) is 11.9. The second kappa shape index (κ2) is 18.7. The van der Waals surface area contributed by atoms with Gasteiger partial charge in [0, 0.05) is 16.7 Å². The van der Waals surface area contributed by atoms with Gasteiger partial charge in [0.05, 0.1) is 28.2 Å². The largest absolute Gasteiger partial charge is 0.293 e. The van der Waals surface area contributed by atoms with Crippen LogP contribution < -0.4 is 5.14 Å². The van der Waals surface area contributed by atoms with E-state index in [1.807, 2.05) is 30.3 Å². The van der Waals surface area contributed by atoms with E-state index in [0.717, 1.165) is 9.87 Å². The Hall–Kier alpha value is -4.59. The Morgan fingerprint density at radius 3 is 1.06 bits per heavy atom. The molecular weight excluding hydrogens is 716 g/mol. The number of hydrogen-bond acceptors (Lipinski definition) is 7. The van der Waals surface area contributed by atoms with Gasteiger partial charge in [-0.3, -0.25) is 14.4 Å². The summed E-state index contributed by atoms with van der Waals surface area (Å²) in [5, 5.41) is 5.23. The van der Waals surface area contributed by atoms with Gasteiger partial charge in [0.1, 0.15) is 0 Å². The third-order valence-corrected chi connectivity index (χ3v) is 9.75. The first-order valence-corrected chi connectivity index (χ1v) is 18.5. The van der Waals surface area contributed by atoms with E-state index in [1.165, 1.54) is 24.3 Å². The fraction of sp³-hybridized carbons (Fsp3) is 0.0833. The molecule has 2 N–H and O–H groups in total. The van der Waals surface area contributed by atoms with Gasteiger partial charge in [-0.15, -0.1) is 0 Å². The van der Waals surface area contributed by atoms with E-state index in [1.54, 1.807) is 97.1 Å². The normalized spacial score (nSPS) is 10.9. The molecule has 0 heterocycles. The highest BCUT2D eigenvalue weighted by molar-refractivity contribution is 9.09. The monoisotopic (exact) mass is 748 g/mol. The van der Waals surface area contributed by atoms with Crippen molar-refractivity contribution < 1.29 is 31.2 Å². The molecule has 248 valence electrons. The van der Waals surface area contributed by atoms with Crippen LogP contribution in [0.3, 0.4) is 0 Å². The molecule has 5 aromatic carbocycles. The molecule has 0 fully saturated rings. The molecule has 0 aliphatic heterocycles. The van der Waals surface area contributed by atoms with Gasteiger partial charge in [-0.25, -0.2) is 22.0 Å². The number of nitrogens with two attached hydrogens (primary N) is 1. The Labute approximate surface area is 289 Å². The van der Waals surface area contributed by atoms with Crippen LogP contribution in [0.2, 0.25) is 0 Å². The van der Waals surface area contributed by atoms with Crippen LogP contribution in [0.15, 0.2) is 161 Å². The fourth-order valence-electron chi connectivity index (χ4n) is 4.03. The molecule has 0 amide bonds. The zero-order valence-corrected chi connectivity index (χ0v) is 28.9. The molecule has 0 aliphatic rings. The highest BCUT2D eigenvalue weighted by Gasteiger charge is 2.29. The van der Waals surface area contributed by atoms with Crippen LogP contribution in [0.25, 0.3) is 0 Å². The first-order chi connectivity index (χ1) is 22.9. The molecule has 12 heteroatoms.